The molecule has 3 rings (SSSR count). The number of benzene rings is 1. The van der Waals surface area contributed by atoms with Gasteiger partial charge in [-0.1, -0.05) is 43.2 Å². The maximum atomic E-state index is 13.3. The second-order valence-electron chi connectivity index (χ2n) is 7.84. The molecule has 1 aromatic heterocycles. The lowest BCUT2D eigenvalue weighted by atomic mass is 9.79. The Labute approximate surface area is 162 Å². The van der Waals surface area contributed by atoms with Crippen molar-refractivity contribution in [2.24, 2.45) is 13.0 Å². The fourth-order valence-corrected chi connectivity index (χ4v) is 4.28. The molecule has 0 radical (unpaired) electrons. The van der Waals surface area contributed by atoms with Crippen LogP contribution < -0.4 is 4.57 Å². The number of aromatic nitrogens is 2. The molecule has 0 aliphatic heterocycles. The Balaban J connectivity index is 1.70. The van der Waals surface area contributed by atoms with Gasteiger partial charge in [-0.3, -0.25) is 4.79 Å². The first-order chi connectivity index (χ1) is 12.9. The van der Waals surface area contributed by atoms with Crippen LogP contribution in [0.1, 0.15) is 43.5 Å². The van der Waals surface area contributed by atoms with Gasteiger partial charge in [-0.05, 0) is 18.4 Å². The van der Waals surface area contributed by atoms with E-state index in [1.54, 1.807) is 4.90 Å². The number of nitrogens with zero attached hydrogens (tertiary/aromatic N) is 3. The fourth-order valence-electron chi connectivity index (χ4n) is 4.28. The van der Waals surface area contributed by atoms with E-state index in [-0.39, 0.29) is 11.8 Å². The van der Waals surface area contributed by atoms with E-state index in [9.17, 15) is 9.90 Å². The zero-order valence-corrected chi connectivity index (χ0v) is 16.8. The highest BCUT2D eigenvalue weighted by Gasteiger charge is 2.47. The van der Waals surface area contributed by atoms with Crippen LogP contribution in [0, 0.1) is 12.8 Å². The number of hydrogen-bond donors (Lipinski definition) is 1. The molecule has 27 heavy (non-hydrogen) atoms. The van der Waals surface area contributed by atoms with E-state index in [0.29, 0.717) is 6.54 Å². The molecule has 5 nitrogen and oxygen atoms in total. The predicted octanol–water partition coefficient (Wildman–Crippen LogP) is 2.55. The number of imidazole rings is 1. The van der Waals surface area contributed by atoms with E-state index in [1.165, 1.54) is 5.82 Å². The van der Waals surface area contributed by atoms with Crippen molar-refractivity contribution in [2.75, 3.05) is 13.6 Å². The lowest BCUT2D eigenvalue weighted by molar-refractivity contribution is -0.677. The molecule has 1 aliphatic rings. The van der Waals surface area contributed by atoms with E-state index < -0.39 is 5.60 Å². The SMILES string of the molecule is Cc1n(CCCN(C)C(=O)C(O)(c2ccccc2)C2CCCC2)cc[n+]1C. The van der Waals surface area contributed by atoms with Gasteiger partial charge in [0.15, 0.2) is 5.60 Å². The number of likely N-dealkylation sites (N-methyl/N-ethyl adjacent to an activating group) is 1. The minimum atomic E-state index is -1.41. The van der Waals surface area contributed by atoms with Crippen molar-refractivity contribution in [3.63, 3.8) is 0 Å². The largest absolute Gasteiger partial charge is 0.375 e. The number of carbonyl (C=O) groups excluding carboxylic acids is 1. The summed E-state index contributed by atoms with van der Waals surface area (Å²) < 4.78 is 4.28. The molecule has 1 amide bonds. The van der Waals surface area contributed by atoms with Gasteiger partial charge in [0.2, 0.25) is 0 Å². The highest BCUT2D eigenvalue weighted by atomic mass is 16.3. The molecule has 1 saturated carbocycles. The second-order valence-corrected chi connectivity index (χ2v) is 7.84. The zero-order chi connectivity index (χ0) is 19.4. The smallest absolute Gasteiger partial charge is 0.259 e. The second kappa shape index (κ2) is 8.26. The monoisotopic (exact) mass is 370 g/mol. The Morgan fingerprint density at radius 2 is 1.96 bits per heavy atom. The molecule has 146 valence electrons. The molecule has 2 aromatic rings. The lowest BCUT2D eigenvalue weighted by Crippen LogP contribution is -2.50. The Hall–Kier alpha value is -2.14. The van der Waals surface area contributed by atoms with Gasteiger partial charge in [-0.25, -0.2) is 9.13 Å². The van der Waals surface area contributed by atoms with Crippen LogP contribution in [0.5, 0.6) is 0 Å². The lowest BCUT2D eigenvalue weighted by Gasteiger charge is -2.36. The molecule has 0 spiro atoms. The zero-order valence-electron chi connectivity index (χ0n) is 16.8. The van der Waals surface area contributed by atoms with Crippen molar-refractivity contribution < 1.29 is 14.5 Å². The van der Waals surface area contributed by atoms with Crippen molar-refractivity contribution in [1.29, 1.82) is 0 Å². The first kappa shape index (κ1) is 19.6. The average molecular weight is 371 g/mol. The normalized spacial score (nSPS) is 17.0. The Bertz CT molecular complexity index is 765. The quantitative estimate of drug-likeness (QED) is 0.762. The Morgan fingerprint density at radius 3 is 2.56 bits per heavy atom. The molecule has 1 unspecified atom stereocenters. The first-order valence-electron chi connectivity index (χ1n) is 9.99. The highest BCUT2D eigenvalue weighted by molar-refractivity contribution is 5.86. The van der Waals surface area contributed by atoms with E-state index in [1.807, 2.05) is 50.6 Å². The van der Waals surface area contributed by atoms with Crippen LogP contribution in [0.25, 0.3) is 0 Å². The van der Waals surface area contributed by atoms with Crippen molar-refractivity contribution in [3.8, 4) is 0 Å². The molecular formula is C22H32N3O2+. The van der Waals surface area contributed by atoms with Gasteiger partial charge in [0.25, 0.3) is 11.7 Å². The number of carbonyl (C=O) groups is 1. The van der Waals surface area contributed by atoms with Gasteiger partial charge in [-0.15, -0.1) is 0 Å². The first-order valence-corrected chi connectivity index (χ1v) is 9.99. The molecule has 5 heteroatoms. The number of aryl methyl sites for hydroxylation is 2. The van der Waals surface area contributed by atoms with Gasteiger partial charge >= 0.3 is 0 Å². The van der Waals surface area contributed by atoms with Crippen LogP contribution in [0.2, 0.25) is 0 Å². The molecule has 1 aliphatic carbocycles. The minimum absolute atomic E-state index is 0.000549. The summed E-state index contributed by atoms with van der Waals surface area (Å²) in [6.45, 7) is 3.57. The number of aliphatic hydroxyl groups is 1. The summed E-state index contributed by atoms with van der Waals surface area (Å²) in [5, 5.41) is 11.6. The highest BCUT2D eigenvalue weighted by Crippen LogP contribution is 2.41. The van der Waals surface area contributed by atoms with Crippen molar-refractivity contribution in [3.05, 3.63) is 54.1 Å². The van der Waals surface area contributed by atoms with E-state index >= 15 is 0 Å². The topological polar surface area (TPSA) is 49.4 Å². The number of rotatable bonds is 7. The van der Waals surface area contributed by atoms with E-state index in [4.69, 9.17) is 0 Å². The molecule has 1 fully saturated rings. The number of hydrogen-bond acceptors (Lipinski definition) is 2. The van der Waals surface area contributed by atoms with Crippen LogP contribution in [0.15, 0.2) is 42.7 Å². The van der Waals surface area contributed by atoms with Gasteiger partial charge in [0.05, 0.1) is 13.6 Å². The van der Waals surface area contributed by atoms with Crippen molar-refractivity contribution in [1.82, 2.24) is 9.47 Å². The van der Waals surface area contributed by atoms with Gasteiger partial charge < -0.3 is 10.0 Å². The van der Waals surface area contributed by atoms with Crippen molar-refractivity contribution >= 4 is 5.91 Å². The summed E-state index contributed by atoms with van der Waals surface area (Å²) in [6, 6.07) is 9.49. The third-order valence-corrected chi connectivity index (χ3v) is 6.12. The average Bonchev–Trinajstić information content (AvgIpc) is 3.33. The molecule has 1 heterocycles. The van der Waals surface area contributed by atoms with E-state index in [2.05, 4.69) is 22.3 Å². The predicted molar refractivity (Wildman–Crippen MR) is 105 cm³/mol. The van der Waals surface area contributed by atoms with Crippen molar-refractivity contribution in [2.45, 2.75) is 51.2 Å². The third kappa shape index (κ3) is 3.93. The molecule has 0 saturated heterocycles. The summed E-state index contributed by atoms with van der Waals surface area (Å²) in [6.07, 6.45) is 8.94. The molecule has 0 bridgehead atoms. The van der Waals surface area contributed by atoms with Crippen LogP contribution in [-0.4, -0.2) is 34.1 Å². The van der Waals surface area contributed by atoms with Crippen LogP contribution in [-0.2, 0) is 24.0 Å². The summed E-state index contributed by atoms with van der Waals surface area (Å²) in [4.78, 5) is 15.0. The standard InChI is InChI=1S/C22H32N3O2/c1-18-23(2)16-17-25(18)15-9-14-24(3)21(26)22(27,20-12-7-8-13-20)19-10-5-4-6-11-19/h4-6,10-11,16-17,20,27H,7-9,12-15H2,1-3H3/q+1. The van der Waals surface area contributed by atoms with E-state index in [0.717, 1.165) is 44.2 Å². The minimum Gasteiger partial charge on any atom is -0.375 e. The Kier molecular flexibility index (Phi) is 6.00. The van der Waals surface area contributed by atoms with Gasteiger partial charge in [0.1, 0.15) is 12.4 Å². The molecule has 1 atom stereocenters. The maximum Gasteiger partial charge on any atom is 0.259 e. The maximum absolute atomic E-state index is 13.3. The summed E-state index contributed by atoms with van der Waals surface area (Å²) >= 11 is 0. The van der Waals surface area contributed by atoms with Gasteiger partial charge in [-0.2, -0.15) is 0 Å². The Morgan fingerprint density at radius 1 is 1.30 bits per heavy atom. The third-order valence-electron chi connectivity index (χ3n) is 6.12. The molecular weight excluding hydrogens is 338 g/mol. The number of amides is 1. The van der Waals surface area contributed by atoms with Crippen LogP contribution in [0.4, 0.5) is 0 Å². The summed E-state index contributed by atoms with van der Waals surface area (Å²) in [5.41, 5.74) is -0.690. The molecule has 1 N–H and O–H groups in total. The van der Waals surface area contributed by atoms with Gasteiger partial charge in [0, 0.05) is 32.9 Å². The molecule has 1 aromatic carbocycles. The fraction of sp³-hybridized carbons (Fsp3) is 0.545. The summed E-state index contributed by atoms with van der Waals surface area (Å²) in [7, 11) is 3.84. The summed E-state index contributed by atoms with van der Waals surface area (Å²) in [5.74, 6) is 1.02. The van der Waals surface area contributed by atoms with Crippen LogP contribution in [0.3, 0.4) is 0 Å². The van der Waals surface area contributed by atoms with Crippen LogP contribution >= 0.6 is 0 Å².